The molecule has 0 saturated heterocycles. The number of hydrogen-bond donors (Lipinski definition) is 3. The van der Waals surface area contributed by atoms with Crippen LogP contribution in [-0.4, -0.2) is 16.9 Å². The molecular formula is C20H20N4O4. The molecule has 1 aliphatic rings. The second kappa shape index (κ2) is 7.51. The number of nitrogens with zero attached hydrogens (tertiary/aromatic N) is 1. The van der Waals surface area contributed by atoms with Crippen molar-refractivity contribution < 1.29 is 14.5 Å². The summed E-state index contributed by atoms with van der Waals surface area (Å²) in [4.78, 5) is 35.5. The topological polar surface area (TPSA) is 113 Å². The van der Waals surface area contributed by atoms with Crippen LogP contribution in [-0.2, 0) is 4.79 Å². The van der Waals surface area contributed by atoms with E-state index < -0.39 is 22.9 Å². The van der Waals surface area contributed by atoms with E-state index in [9.17, 15) is 19.7 Å². The van der Waals surface area contributed by atoms with Crippen molar-refractivity contribution in [3.63, 3.8) is 0 Å². The summed E-state index contributed by atoms with van der Waals surface area (Å²) in [7, 11) is 0. The first-order valence-electron chi connectivity index (χ1n) is 8.67. The first-order valence-corrected chi connectivity index (χ1v) is 8.67. The SMILES string of the molecule is CC1=C(C(=O)Nc2ccc(C)c(C)c2)[C@@H](c2cccc([N+](=O)[O-])c2)NC(=O)N1. The molecule has 0 unspecified atom stereocenters. The van der Waals surface area contributed by atoms with Crippen LogP contribution >= 0.6 is 0 Å². The molecule has 0 radical (unpaired) electrons. The third-order valence-electron chi connectivity index (χ3n) is 4.69. The van der Waals surface area contributed by atoms with Crippen LogP contribution in [0.2, 0.25) is 0 Å². The van der Waals surface area contributed by atoms with Gasteiger partial charge in [-0.05, 0) is 49.6 Å². The van der Waals surface area contributed by atoms with Crippen molar-refractivity contribution in [2.75, 3.05) is 5.32 Å². The summed E-state index contributed by atoms with van der Waals surface area (Å²) in [5.41, 5.74) is 3.79. The molecule has 1 aliphatic heterocycles. The molecule has 3 N–H and O–H groups in total. The molecule has 0 aliphatic carbocycles. The van der Waals surface area contributed by atoms with Gasteiger partial charge in [-0.1, -0.05) is 18.2 Å². The molecule has 1 heterocycles. The average Bonchev–Trinajstić information content (AvgIpc) is 2.64. The third kappa shape index (κ3) is 3.85. The monoisotopic (exact) mass is 380 g/mol. The molecular weight excluding hydrogens is 360 g/mol. The van der Waals surface area contributed by atoms with E-state index in [4.69, 9.17) is 0 Å². The van der Waals surface area contributed by atoms with Gasteiger partial charge < -0.3 is 16.0 Å². The van der Waals surface area contributed by atoms with Crippen LogP contribution in [0.15, 0.2) is 53.7 Å². The van der Waals surface area contributed by atoms with Gasteiger partial charge in [0.2, 0.25) is 0 Å². The molecule has 3 amide bonds. The minimum absolute atomic E-state index is 0.114. The zero-order valence-corrected chi connectivity index (χ0v) is 15.7. The van der Waals surface area contributed by atoms with Crippen LogP contribution in [0.3, 0.4) is 0 Å². The summed E-state index contributed by atoms with van der Waals surface area (Å²) in [6, 6.07) is 10.2. The minimum atomic E-state index is -0.805. The highest BCUT2D eigenvalue weighted by Gasteiger charge is 2.32. The smallest absolute Gasteiger partial charge is 0.319 e. The summed E-state index contributed by atoms with van der Waals surface area (Å²) >= 11 is 0. The fraction of sp³-hybridized carbons (Fsp3) is 0.200. The van der Waals surface area contributed by atoms with Gasteiger partial charge in [-0.25, -0.2) is 4.79 Å². The van der Waals surface area contributed by atoms with Crippen LogP contribution in [0.4, 0.5) is 16.2 Å². The van der Waals surface area contributed by atoms with Gasteiger partial charge in [0.25, 0.3) is 11.6 Å². The lowest BCUT2D eigenvalue weighted by molar-refractivity contribution is -0.384. The van der Waals surface area contributed by atoms with Crippen LogP contribution in [0.5, 0.6) is 0 Å². The first-order chi connectivity index (χ1) is 13.3. The molecule has 0 bridgehead atoms. The van der Waals surface area contributed by atoms with Gasteiger partial charge in [-0.15, -0.1) is 0 Å². The zero-order chi connectivity index (χ0) is 20.4. The number of allylic oxidation sites excluding steroid dienone is 1. The predicted octanol–water partition coefficient (Wildman–Crippen LogP) is 3.48. The Bertz CT molecular complexity index is 1010. The summed E-state index contributed by atoms with van der Waals surface area (Å²) in [5, 5.41) is 19.2. The fourth-order valence-electron chi connectivity index (χ4n) is 3.08. The normalized spacial score (nSPS) is 16.2. The summed E-state index contributed by atoms with van der Waals surface area (Å²) in [6.07, 6.45) is 0. The second-order valence-electron chi connectivity index (χ2n) is 6.68. The molecule has 0 fully saturated rings. The van der Waals surface area contributed by atoms with Gasteiger partial charge >= 0.3 is 6.03 Å². The van der Waals surface area contributed by atoms with Gasteiger partial charge in [0.05, 0.1) is 16.5 Å². The average molecular weight is 380 g/mol. The molecule has 28 heavy (non-hydrogen) atoms. The Morgan fingerprint density at radius 3 is 2.54 bits per heavy atom. The van der Waals surface area contributed by atoms with Gasteiger partial charge in [-0.3, -0.25) is 14.9 Å². The van der Waals surface area contributed by atoms with Crippen molar-refractivity contribution in [1.29, 1.82) is 0 Å². The van der Waals surface area contributed by atoms with Crippen LogP contribution in [0, 0.1) is 24.0 Å². The van der Waals surface area contributed by atoms with E-state index in [-0.39, 0.29) is 5.69 Å². The van der Waals surface area contributed by atoms with E-state index in [0.29, 0.717) is 22.5 Å². The number of aryl methyl sites for hydroxylation is 2. The highest BCUT2D eigenvalue weighted by Crippen LogP contribution is 2.30. The number of urea groups is 1. The van der Waals surface area contributed by atoms with E-state index in [2.05, 4.69) is 16.0 Å². The van der Waals surface area contributed by atoms with Crippen LogP contribution < -0.4 is 16.0 Å². The molecule has 3 rings (SSSR count). The Morgan fingerprint density at radius 2 is 1.86 bits per heavy atom. The Hall–Kier alpha value is -3.68. The Morgan fingerprint density at radius 1 is 1.11 bits per heavy atom. The quantitative estimate of drug-likeness (QED) is 0.556. The third-order valence-corrected chi connectivity index (χ3v) is 4.69. The molecule has 8 nitrogen and oxygen atoms in total. The predicted molar refractivity (Wildman–Crippen MR) is 105 cm³/mol. The number of nitrogens with one attached hydrogen (secondary N) is 3. The molecule has 8 heteroatoms. The van der Waals surface area contributed by atoms with Crippen molar-refractivity contribution in [1.82, 2.24) is 10.6 Å². The fourth-order valence-corrected chi connectivity index (χ4v) is 3.08. The van der Waals surface area contributed by atoms with Crippen molar-refractivity contribution in [3.05, 3.63) is 80.5 Å². The number of carbonyl (C=O) groups excluding carboxylic acids is 2. The Balaban J connectivity index is 1.97. The van der Waals surface area contributed by atoms with Crippen molar-refractivity contribution in [3.8, 4) is 0 Å². The van der Waals surface area contributed by atoms with Gasteiger partial charge in [0.1, 0.15) is 0 Å². The molecule has 0 spiro atoms. The van der Waals surface area contributed by atoms with Crippen molar-refractivity contribution >= 4 is 23.3 Å². The summed E-state index contributed by atoms with van der Waals surface area (Å²) in [6.45, 7) is 5.55. The lowest BCUT2D eigenvalue weighted by Crippen LogP contribution is -2.46. The Labute approximate surface area is 161 Å². The van der Waals surface area contributed by atoms with Gasteiger partial charge in [0.15, 0.2) is 0 Å². The van der Waals surface area contributed by atoms with E-state index >= 15 is 0 Å². The number of rotatable bonds is 4. The number of anilines is 1. The largest absolute Gasteiger partial charge is 0.327 e. The maximum absolute atomic E-state index is 13.0. The summed E-state index contributed by atoms with van der Waals surface area (Å²) < 4.78 is 0. The highest BCUT2D eigenvalue weighted by molar-refractivity contribution is 6.06. The van der Waals surface area contributed by atoms with Crippen molar-refractivity contribution in [2.45, 2.75) is 26.8 Å². The maximum atomic E-state index is 13.0. The van der Waals surface area contributed by atoms with Gasteiger partial charge in [0, 0.05) is 23.5 Å². The number of amides is 3. The van der Waals surface area contributed by atoms with Crippen molar-refractivity contribution in [2.24, 2.45) is 0 Å². The first kappa shape index (κ1) is 19.1. The van der Waals surface area contributed by atoms with Gasteiger partial charge in [-0.2, -0.15) is 0 Å². The van der Waals surface area contributed by atoms with E-state index in [0.717, 1.165) is 11.1 Å². The minimum Gasteiger partial charge on any atom is -0.327 e. The number of nitro groups is 1. The van der Waals surface area contributed by atoms with E-state index in [1.807, 2.05) is 26.0 Å². The number of hydrogen-bond acceptors (Lipinski definition) is 4. The molecule has 0 saturated carbocycles. The zero-order valence-electron chi connectivity index (χ0n) is 15.7. The van der Waals surface area contributed by atoms with Crippen LogP contribution in [0.1, 0.15) is 29.7 Å². The molecule has 144 valence electrons. The summed E-state index contributed by atoms with van der Waals surface area (Å²) in [5.74, 6) is -0.398. The van der Waals surface area contributed by atoms with Crippen LogP contribution in [0.25, 0.3) is 0 Å². The Kier molecular flexibility index (Phi) is 5.12. The molecule has 1 atom stereocenters. The van der Waals surface area contributed by atoms with E-state index in [1.165, 1.54) is 18.2 Å². The lowest BCUT2D eigenvalue weighted by atomic mass is 9.94. The molecule has 2 aromatic rings. The highest BCUT2D eigenvalue weighted by atomic mass is 16.6. The maximum Gasteiger partial charge on any atom is 0.319 e. The number of carbonyl (C=O) groups is 2. The molecule has 0 aromatic heterocycles. The van der Waals surface area contributed by atoms with E-state index in [1.54, 1.807) is 19.1 Å². The molecule has 2 aromatic carbocycles. The number of non-ortho nitro benzene ring substituents is 1. The number of benzene rings is 2. The standard InChI is InChI=1S/C20H20N4O4/c1-11-7-8-15(9-12(11)2)22-19(25)17-13(3)21-20(26)23-18(17)14-5-4-6-16(10-14)24(27)28/h4-10,18H,1-3H3,(H,22,25)(H2,21,23,26)/t18-/m1/s1. The number of nitro benzene ring substituents is 1. The lowest BCUT2D eigenvalue weighted by Gasteiger charge is -2.28. The second-order valence-corrected chi connectivity index (χ2v) is 6.68.